The van der Waals surface area contributed by atoms with Gasteiger partial charge in [0.15, 0.2) is 5.96 Å². The quantitative estimate of drug-likeness (QED) is 0.240. The van der Waals surface area contributed by atoms with Crippen LogP contribution in [0.2, 0.25) is 5.02 Å². The fourth-order valence-corrected chi connectivity index (χ4v) is 3.90. The molecule has 2 aromatic rings. The third kappa shape index (κ3) is 6.41. The molecule has 1 unspecified atom stereocenters. The molecule has 1 aromatic carbocycles. The number of guanidine groups is 1. The number of aromatic nitrogens is 2. The summed E-state index contributed by atoms with van der Waals surface area (Å²) in [5.74, 6) is 1.69. The Labute approximate surface area is 201 Å². The fourth-order valence-electron chi connectivity index (χ4n) is 3.73. The molecule has 0 aliphatic carbocycles. The first kappa shape index (κ1) is 24.6. The number of anilines is 1. The summed E-state index contributed by atoms with van der Waals surface area (Å²) in [6.07, 6.45) is 2.02. The molecular weight excluding hydrogens is 515 g/mol. The smallest absolute Gasteiger partial charge is 0.191 e. The minimum Gasteiger partial charge on any atom is -0.495 e. The van der Waals surface area contributed by atoms with Gasteiger partial charge in [0.2, 0.25) is 0 Å². The van der Waals surface area contributed by atoms with Crippen molar-refractivity contribution in [2.45, 2.75) is 39.3 Å². The zero-order valence-corrected chi connectivity index (χ0v) is 21.2. The summed E-state index contributed by atoms with van der Waals surface area (Å²) < 4.78 is 7.55. The molecular formula is C21H32ClIN6O. The van der Waals surface area contributed by atoms with Gasteiger partial charge < -0.3 is 20.3 Å². The van der Waals surface area contributed by atoms with Gasteiger partial charge in [-0.3, -0.25) is 9.67 Å². The summed E-state index contributed by atoms with van der Waals surface area (Å²) in [5.41, 5.74) is 3.31. The van der Waals surface area contributed by atoms with Crippen molar-refractivity contribution in [3.8, 4) is 5.75 Å². The number of benzene rings is 1. The molecule has 1 fully saturated rings. The molecule has 0 bridgehead atoms. The predicted octanol–water partition coefficient (Wildman–Crippen LogP) is 3.61. The third-order valence-electron chi connectivity index (χ3n) is 5.18. The Hall–Kier alpha value is -1.68. The maximum Gasteiger partial charge on any atom is 0.191 e. The van der Waals surface area contributed by atoms with E-state index < -0.39 is 0 Å². The molecule has 0 spiro atoms. The number of hydrogen-bond donors (Lipinski definition) is 2. The van der Waals surface area contributed by atoms with Crippen molar-refractivity contribution in [2.75, 3.05) is 38.7 Å². The number of aryl methyl sites for hydroxylation is 3. The van der Waals surface area contributed by atoms with Crippen LogP contribution >= 0.6 is 35.6 Å². The summed E-state index contributed by atoms with van der Waals surface area (Å²) in [5, 5.41) is 12.2. The summed E-state index contributed by atoms with van der Waals surface area (Å²) in [6, 6.07) is 8.17. The number of methoxy groups -OCH3 is 1. The standard InChI is InChI=1S/C21H31ClN6O.HI/c1-15-12-16(2)28(26-15)10-5-9-24-21(23-3)25-18-8-11-27(14-18)19-13-17(22)6-7-20(19)29-4;/h6-7,12-13,18H,5,8-11,14H2,1-4H3,(H2,23,24,25);1H. The molecule has 7 nitrogen and oxygen atoms in total. The lowest BCUT2D eigenvalue weighted by molar-refractivity contribution is 0.415. The van der Waals surface area contributed by atoms with Crippen LogP contribution in [0.1, 0.15) is 24.2 Å². The first-order valence-electron chi connectivity index (χ1n) is 10.1. The molecule has 1 aromatic heterocycles. The predicted molar refractivity (Wildman–Crippen MR) is 135 cm³/mol. The molecule has 30 heavy (non-hydrogen) atoms. The molecule has 2 heterocycles. The average Bonchev–Trinajstić information content (AvgIpc) is 3.29. The van der Waals surface area contributed by atoms with E-state index in [4.69, 9.17) is 16.3 Å². The molecule has 1 aliphatic rings. The van der Waals surface area contributed by atoms with Gasteiger partial charge in [0.05, 0.1) is 18.5 Å². The Kier molecular flexibility index (Phi) is 9.54. The highest BCUT2D eigenvalue weighted by Crippen LogP contribution is 2.33. The Morgan fingerprint density at radius 3 is 2.80 bits per heavy atom. The van der Waals surface area contributed by atoms with Crippen molar-refractivity contribution < 1.29 is 4.74 Å². The molecule has 0 radical (unpaired) electrons. The lowest BCUT2D eigenvalue weighted by atomic mass is 10.2. The van der Waals surface area contributed by atoms with Crippen molar-refractivity contribution in [2.24, 2.45) is 4.99 Å². The van der Waals surface area contributed by atoms with Crippen molar-refractivity contribution in [3.05, 3.63) is 40.7 Å². The van der Waals surface area contributed by atoms with Gasteiger partial charge in [0.25, 0.3) is 0 Å². The number of aliphatic imine (C=N–C) groups is 1. The van der Waals surface area contributed by atoms with E-state index in [9.17, 15) is 0 Å². The number of rotatable bonds is 7. The molecule has 0 saturated carbocycles. The van der Waals surface area contributed by atoms with Gasteiger partial charge in [0.1, 0.15) is 5.75 Å². The average molecular weight is 547 g/mol. The highest BCUT2D eigenvalue weighted by molar-refractivity contribution is 14.0. The van der Waals surface area contributed by atoms with Crippen LogP contribution < -0.4 is 20.3 Å². The normalized spacial score (nSPS) is 16.4. The number of nitrogens with one attached hydrogen (secondary N) is 2. The largest absolute Gasteiger partial charge is 0.495 e. The molecule has 9 heteroatoms. The summed E-state index contributed by atoms with van der Waals surface area (Å²) in [6.45, 7) is 7.69. The second-order valence-corrected chi connectivity index (χ2v) is 7.83. The minimum absolute atomic E-state index is 0. The van der Waals surface area contributed by atoms with Gasteiger partial charge >= 0.3 is 0 Å². The van der Waals surface area contributed by atoms with E-state index in [-0.39, 0.29) is 24.0 Å². The number of halogens is 2. The maximum atomic E-state index is 6.19. The van der Waals surface area contributed by atoms with Crippen molar-refractivity contribution >= 4 is 47.2 Å². The number of hydrogen-bond acceptors (Lipinski definition) is 4. The molecule has 0 amide bonds. The van der Waals surface area contributed by atoms with Crippen molar-refractivity contribution in [1.29, 1.82) is 0 Å². The van der Waals surface area contributed by atoms with Crippen LogP contribution in [0.4, 0.5) is 5.69 Å². The minimum atomic E-state index is 0. The van der Waals surface area contributed by atoms with Crippen LogP contribution in [-0.2, 0) is 6.54 Å². The highest BCUT2D eigenvalue weighted by Gasteiger charge is 2.25. The van der Waals surface area contributed by atoms with Crippen molar-refractivity contribution in [1.82, 2.24) is 20.4 Å². The van der Waals surface area contributed by atoms with E-state index >= 15 is 0 Å². The Bertz CT molecular complexity index is 856. The number of ether oxygens (including phenoxy) is 1. The van der Waals surface area contributed by atoms with E-state index in [0.717, 1.165) is 67.1 Å². The molecule has 3 rings (SSSR count). The zero-order chi connectivity index (χ0) is 20.8. The molecule has 1 atom stereocenters. The lowest BCUT2D eigenvalue weighted by Crippen LogP contribution is -2.45. The van der Waals surface area contributed by atoms with Gasteiger partial charge in [-0.1, -0.05) is 11.6 Å². The highest BCUT2D eigenvalue weighted by atomic mass is 127. The van der Waals surface area contributed by atoms with E-state index in [0.29, 0.717) is 6.04 Å². The maximum absolute atomic E-state index is 6.19. The van der Waals surface area contributed by atoms with Crippen LogP contribution in [0.3, 0.4) is 0 Å². The van der Waals surface area contributed by atoms with Crippen LogP contribution in [0.25, 0.3) is 0 Å². The van der Waals surface area contributed by atoms with Gasteiger partial charge in [-0.2, -0.15) is 5.10 Å². The number of nitrogens with zero attached hydrogens (tertiary/aromatic N) is 4. The summed E-state index contributed by atoms with van der Waals surface area (Å²) in [4.78, 5) is 6.68. The van der Waals surface area contributed by atoms with Gasteiger partial charge in [-0.15, -0.1) is 24.0 Å². The van der Waals surface area contributed by atoms with E-state index in [1.54, 1.807) is 7.11 Å². The lowest BCUT2D eigenvalue weighted by Gasteiger charge is -2.22. The summed E-state index contributed by atoms with van der Waals surface area (Å²) >= 11 is 6.19. The topological polar surface area (TPSA) is 66.7 Å². The van der Waals surface area contributed by atoms with Gasteiger partial charge in [-0.25, -0.2) is 0 Å². The second-order valence-electron chi connectivity index (χ2n) is 7.39. The fraction of sp³-hybridized carbons (Fsp3) is 0.524. The molecule has 1 saturated heterocycles. The SMILES string of the molecule is CN=C(NCCCn1nc(C)cc1C)NC1CCN(c2cc(Cl)ccc2OC)C1.I. The Morgan fingerprint density at radius 1 is 1.33 bits per heavy atom. The molecule has 1 aliphatic heterocycles. The summed E-state index contributed by atoms with van der Waals surface area (Å²) in [7, 11) is 3.50. The van der Waals surface area contributed by atoms with E-state index in [2.05, 4.69) is 43.3 Å². The van der Waals surface area contributed by atoms with E-state index in [1.165, 1.54) is 5.69 Å². The first-order chi connectivity index (χ1) is 14.0. The second kappa shape index (κ2) is 11.6. The van der Waals surface area contributed by atoms with Crippen molar-refractivity contribution in [3.63, 3.8) is 0 Å². The Morgan fingerprint density at radius 2 is 2.13 bits per heavy atom. The van der Waals surface area contributed by atoms with Gasteiger partial charge in [-0.05, 0) is 51.0 Å². The Balaban J connectivity index is 0.00000320. The zero-order valence-electron chi connectivity index (χ0n) is 18.1. The van der Waals surface area contributed by atoms with Gasteiger partial charge in [0, 0.05) is 50.0 Å². The third-order valence-corrected chi connectivity index (χ3v) is 5.41. The monoisotopic (exact) mass is 546 g/mol. The van der Waals surface area contributed by atoms with Crippen LogP contribution in [0.5, 0.6) is 5.75 Å². The first-order valence-corrected chi connectivity index (χ1v) is 10.4. The van der Waals surface area contributed by atoms with Crippen LogP contribution in [0.15, 0.2) is 29.3 Å². The molecule has 166 valence electrons. The van der Waals surface area contributed by atoms with E-state index in [1.807, 2.05) is 32.2 Å². The molecule has 2 N–H and O–H groups in total. The van der Waals surface area contributed by atoms with Crippen LogP contribution in [-0.4, -0.2) is 55.6 Å². The van der Waals surface area contributed by atoms with Crippen LogP contribution in [0, 0.1) is 13.8 Å².